The number of benzene rings is 2. The first-order chi connectivity index (χ1) is 16.6. The second-order valence-electron chi connectivity index (χ2n) is 8.64. The van der Waals surface area contributed by atoms with E-state index in [1.807, 2.05) is 70.9 Å². The summed E-state index contributed by atoms with van der Waals surface area (Å²) in [7, 11) is 0. The summed E-state index contributed by atoms with van der Waals surface area (Å²) in [6, 6.07) is 21.5. The van der Waals surface area contributed by atoms with Gasteiger partial charge in [0.15, 0.2) is 0 Å². The van der Waals surface area contributed by atoms with E-state index in [-0.39, 0.29) is 24.5 Å². The fourth-order valence-electron chi connectivity index (χ4n) is 4.38. The molecule has 0 aliphatic heterocycles. The van der Waals surface area contributed by atoms with E-state index in [1.165, 1.54) is 6.42 Å². The molecule has 1 aromatic heterocycles. The van der Waals surface area contributed by atoms with Gasteiger partial charge in [0.05, 0.1) is 12.2 Å². The van der Waals surface area contributed by atoms with Crippen molar-refractivity contribution in [2.45, 2.75) is 51.2 Å². The van der Waals surface area contributed by atoms with E-state index in [0.29, 0.717) is 18.8 Å². The number of carbonyl (C=O) groups excluding carboxylic acids is 2. The highest BCUT2D eigenvalue weighted by atomic mass is 79.9. The quantitative estimate of drug-likeness (QED) is 0.338. The van der Waals surface area contributed by atoms with Gasteiger partial charge in [0.25, 0.3) is 0 Å². The van der Waals surface area contributed by atoms with Crippen LogP contribution in [0.5, 0.6) is 0 Å². The molecule has 3 amide bonds. The Hall–Kier alpha value is -2.64. The number of carbonyl (C=O) groups is 2. The molecule has 0 spiro atoms. The molecule has 1 aliphatic carbocycles. The van der Waals surface area contributed by atoms with E-state index in [0.717, 1.165) is 40.6 Å². The van der Waals surface area contributed by atoms with Crippen LogP contribution in [0.25, 0.3) is 0 Å². The van der Waals surface area contributed by atoms with Crippen molar-refractivity contribution in [3.8, 4) is 0 Å². The van der Waals surface area contributed by atoms with Crippen LogP contribution in [0.2, 0.25) is 0 Å². The van der Waals surface area contributed by atoms with Crippen LogP contribution in [0.4, 0.5) is 10.5 Å². The van der Waals surface area contributed by atoms with Crippen molar-refractivity contribution in [3.63, 3.8) is 0 Å². The Labute approximate surface area is 213 Å². The zero-order valence-electron chi connectivity index (χ0n) is 19.2. The fourth-order valence-corrected chi connectivity index (χ4v) is 5.48. The third kappa shape index (κ3) is 6.70. The molecule has 1 saturated carbocycles. The first-order valence-corrected chi connectivity index (χ1v) is 13.4. The standard InChI is InChI=1S/C27H30BrN3O2S/c28-24-15-7-8-16-25(24)29-27(33)31(22-12-5-2-6-13-22)20-26(32)30(19-23-14-9-17-34-23)18-21-10-3-1-4-11-21/h1,3-4,7-11,14-17,22H,2,5-6,12-13,18-20H2,(H,29,33). The lowest BCUT2D eigenvalue weighted by Gasteiger charge is -2.35. The Bertz CT molecular complexity index is 1070. The van der Waals surface area contributed by atoms with Crippen LogP contribution in [-0.4, -0.2) is 34.3 Å². The summed E-state index contributed by atoms with van der Waals surface area (Å²) in [5.74, 6) is -0.0369. The lowest BCUT2D eigenvalue weighted by atomic mass is 9.94. The number of amides is 3. The minimum Gasteiger partial charge on any atom is -0.332 e. The van der Waals surface area contributed by atoms with E-state index >= 15 is 0 Å². The summed E-state index contributed by atoms with van der Waals surface area (Å²) >= 11 is 5.15. The molecule has 1 aliphatic rings. The second kappa shape index (κ2) is 12.2. The zero-order chi connectivity index (χ0) is 23.8. The van der Waals surface area contributed by atoms with Crippen LogP contribution in [0.1, 0.15) is 42.5 Å². The monoisotopic (exact) mass is 539 g/mol. The highest BCUT2D eigenvalue weighted by Crippen LogP contribution is 2.26. The topological polar surface area (TPSA) is 52.7 Å². The molecule has 4 rings (SSSR count). The fraction of sp³-hybridized carbons (Fsp3) is 0.333. The Morgan fingerprint density at radius 2 is 1.65 bits per heavy atom. The number of nitrogens with zero attached hydrogens (tertiary/aromatic N) is 2. The molecule has 3 aromatic rings. The smallest absolute Gasteiger partial charge is 0.322 e. The van der Waals surface area contributed by atoms with Gasteiger partial charge in [0, 0.05) is 21.9 Å². The van der Waals surface area contributed by atoms with Crippen LogP contribution in [-0.2, 0) is 17.9 Å². The minimum atomic E-state index is -0.220. The van der Waals surface area contributed by atoms with Gasteiger partial charge < -0.3 is 15.1 Å². The van der Waals surface area contributed by atoms with E-state index in [2.05, 4.69) is 27.3 Å². The number of thiophene rings is 1. The van der Waals surface area contributed by atoms with Gasteiger partial charge in [-0.05, 0) is 57.9 Å². The summed E-state index contributed by atoms with van der Waals surface area (Å²) < 4.78 is 0.821. The van der Waals surface area contributed by atoms with Gasteiger partial charge in [-0.25, -0.2) is 4.79 Å². The van der Waals surface area contributed by atoms with E-state index in [4.69, 9.17) is 0 Å². The number of hydrogen-bond acceptors (Lipinski definition) is 3. The molecule has 0 unspecified atom stereocenters. The number of nitrogens with one attached hydrogen (secondary N) is 1. The maximum atomic E-state index is 13.7. The van der Waals surface area contributed by atoms with Crippen LogP contribution in [0.3, 0.4) is 0 Å². The molecule has 1 N–H and O–H groups in total. The summed E-state index contributed by atoms with van der Waals surface area (Å²) in [6.45, 7) is 1.12. The summed E-state index contributed by atoms with van der Waals surface area (Å²) in [4.78, 5) is 31.8. The molecule has 0 atom stereocenters. The highest BCUT2D eigenvalue weighted by molar-refractivity contribution is 9.10. The Morgan fingerprint density at radius 1 is 0.912 bits per heavy atom. The lowest BCUT2D eigenvalue weighted by Crippen LogP contribution is -2.49. The third-order valence-corrected chi connectivity index (χ3v) is 7.75. The molecule has 0 saturated heterocycles. The molecule has 1 fully saturated rings. The van der Waals surface area contributed by atoms with Crippen molar-refractivity contribution in [2.24, 2.45) is 0 Å². The average molecular weight is 541 g/mol. The van der Waals surface area contributed by atoms with Crippen molar-refractivity contribution < 1.29 is 9.59 Å². The molecule has 178 valence electrons. The number of rotatable bonds is 8. The van der Waals surface area contributed by atoms with Gasteiger partial charge in [-0.15, -0.1) is 11.3 Å². The highest BCUT2D eigenvalue weighted by Gasteiger charge is 2.29. The molecular weight excluding hydrogens is 510 g/mol. The normalized spacial score (nSPS) is 13.9. The maximum Gasteiger partial charge on any atom is 0.322 e. The third-order valence-electron chi connectivity index (χ3n) is 6.19. The van der Waals surface area contributed by atoms with Crippen molar-refractivity contribution in [1.82, 2.24) is 9.80 Å². The van der Waals surface area contributed by atoms with Gasteiger partial charge in [0.2, 0.25) is 5.91 Å². The van der Waals surface area contributed by atoms with Crippen molar-refractivity contribution in [3.05, 3.63) is 87.0 Å². The molecule has 7 heteroatoms. The lowest BCUT2D eigenvalue weighted by molar-refractivity contribution is -0.133. The van der Waals surface area contributed by atoms with Gasteiger partial charge in [-0.1, -0.05) is 67.8 Å². The van der Waals surface area contributed by atoms with E-state index in [1.54, 1.807) is 16.2 Å². The van der Waals surface area contributed by atoms with Crippen LogP contribution >= 0.6 is 27.3 Å². The molecule has 2 aromatic carbocycles. The second-order valence-corrected chi connectivity index (χ2v) is 10.5. The summed E-state index contributed by atoms with van der Waals surface area (Å²) in [6.07, 6.45) is 5.21. The molecule has 1 heterocycles. The van der Waals surface area contributed by atoms with Crippen LogP contribution < -0.4 is 5.32 Å². The summed E-state index contributed by atoms with van der Waals surface area (Å²) in [5, 5.41) is 5.05. The largest absolute Gasteiger partial charge is 0.332 e. The van der Waals surface area contributed by atoms with Gasteiger partial charge in [-0.2, -0.15) is 0 Å². The number of hydrogen-bond donors (Lipinski definition) is 1. The Morgan fingerprint density at radius 3 is 2.35 bits per heavy atom. The number of halogens is 1. The Kier molecular flexibility index (Phi) is 8.77. The molecular formula is C27H30BrN3O2S. The van der Waals surface area contributed by atoms with E-state index < -0.39 is 0 Å². The van der Waals surface area contributed by atoms with Gasteiger partial charge in [-0.3, -0.25) is 4.79 Å². The predicted octanol–water partition coefficient (Wildman–Crippen LogP) is 6.91. The van der Waals surface area contributed by atoms with E-state index in [9.17, 15) is 9.59 Å². The van der Waals surface area contributed by atoms with Gasteiger partial charge >= 0.3 is 6.03 Å². The average Bonchev–Trinajstić information content (AvgIpc) is 3.38. The Balaban J connectivity index is 1.53. The van der Waals surface area contributed by atoms with Crippen molar-refractivity contribution in [2.75, 3.05) is 11.9 Å². The minimum absolute atomic E-state index is 0.0369. The van der Waals surface area contributed by atoms with Crippen LogP contribution in [0.15, 0.2) is 76.6 Å². The first-order valence-electron chi connectivity index (χ1n) is 11.8. The summed E-state index contributed by atoms with van der Waals surface area (Å²) in [5.41, 5.74) is 1.79. The first kappa shape index (κ1) is 24.5. The molecule has 0 bridgehead atoms. The van der Waals surface area contributed by atoms with Gasteiger partial charge in [0.1, 0.15) is 6.54 Å². The molecule has 0 radical (unpaired) electrons. The molecule has 34 heavy (non-hydrogen) atoms. The maximum absolute atomic E-state index is 13.7. The predicted molar refractivity (Wildman–Crippen MR) is 142 cm³/mol. The SMILES string of the molecule is O=C(CN(C(=O)Nc1ccccc1Br)C1CCCCC1)N(Cc1ccccc1)Cc1cccs1. The van der Waals surface area contributed by atoms with Crippen molar-refractivity contribution >= 4 is 44.9 Å². The number of para-hydroxylation sites is 1. The van der Waals surface area contributed by atoms with Crippen LogP contribution in [0, 0.1) is 0 Å². The van der Waals surface area contributed by atoms with Crippen molar-refractivity contribution in [1.29, 1.82) is 0 Å². The number of anilines is 1. The zero-order valence-corrected chi connectivity index (χ0v) is 21.6. The molecule has 5 nitrogen and oxygen atoms in total. The number of urea groups is 1.